The van der Waals surface area contributed by atoms with Gasteiger partial charge in [-0.05, 0) is 49.4 Å². The summed E-state index contributed by atoms with van der Waals surface area (Å²) in [5.74, 6) is 0.330. The number of amides is 1. The van der Waals surface area contributed by atoms with Gasteiger partial charge >= 0.3 is 0 Å². The standard InChI is InChI=1S/C16H23N3O/c17-15(20)10-12-5-8-19(9-6-12)11-14-3-1-2-13-4-7-18-16(13)14/h1-3,12,18H,4-11H2,(H2,17,20). The molecule has 1 aromatic carbocycles. The van der Waals surface area contributed by atoms with Crippen molar-refractivity contribution in [2.75, 3.05) is 25.0 Å². The molecule has 2 heterocycles. The molecule has 2 aliphatic heterocycles. The van der Waals surface area contributed by atoms with Crippen molar-refractivity contribution in [3.05, 3.63) is 29.3 Å². The van der Waals surface area contributed by atoms with Gasteiger partial charge in [0, 0.05) is 25.2 Å². The van der Waals surface area contributed by atoms with Crippen molar-refractivity contribution in [1.82, 2.24) is 4.90 Å². The van der Waals surface area contributed by atoms with E-state index in [-0.39, 0.29) is 5.91 Å². The first-order chi connectivity index (χ1) is 9.72. The van der Waals surface area contributed by atoms with Crippen molar-refractivity contribution in [3.63, 3.8) is 0 Å². The number of nitrogens with zero attached hydrogens (tertiary/aromatic N) is 1. The Hall–Kier alpha value is -1.55. The molecule has 20 heavy (non-hydrogen) atoms. The van der Waals surface area contributed by atoms with Crippen LogP contribution in [-0.4, -0.2) is 30.4 Å². The number of carbonyl (C=O) groups is 1. The zero-order valence-corrected chi connectivity index (χ0v) is 11.9. The van der Waals surface area contributed by atoms with Crippen molar-refractivity contribution in [2.24, 2.45) is 11.7 Å². The number of anilines is 1. The topological polar surface area (TPSA) is 58.4 Å². The van der Waals surface area contributed by atoms with Gasteiger partial charge in [-0.3, -0.25) is 9.69 Å². The number of fused-ring (bicyclic) bond motifs is 1. The predicted octanol–water partition coefficient (Wildman–Crippen LogP) is 1.74. The summed E-state index contributed by atoms with van der Waals surface area (Å²) in [4.78, 5) is 13.5. The SMILES string of the molecule is NC(=O)CC1CCN(Cc2cccc3c2NCC3)CC1. The third-order valence-corrected chi connectivity index (χ3v) is 4.52. The van der Waals surface area contributed by atoms with Crippen LogP contribution in [0.25, 0.3) is 0 Å². The van der Waals surface area contributed by atoms with E-state index < -0.39 is 0 Å². The quantitative estimate of drug-likeness (QED) is 0.878. The largest absolute Gasteiger partial charge is 0.384 e. The van der Waals surface area contributed by atoms with Crippen LogP contribution in [-0.2, 0) is 17.8 Å². The maximum absolute atomic E-state index is 11.0. The summed E-state index contributed by atoms with van der Waals surface area (Å²) >= 11 is 0. The number of nitrogens with one attached hydrogen (secondary N) is 1. The molecule has 1 fully saturated rings. The van der Waals surface area contributed by atoms with Crippen LogP contribution >= 0.6 is 0 Å². The first-order valence-corrected chi connectivity index (χ1v) is 7.57. The molecule has 1 aromatic rings. The smallest absolute Gasteiger partial charge is 0.217 e. The maximum atomic E-state index is 11.0. The van der Waals surface area contributed by atoms with Crippen molar-refractivity contribution in [2.45, 2.75) is 32.2 Å². The first-order valence-electron chi connectivity index (χ1n) is 7.57. The monoisotopic (exact) mass is 273 g/mol. The highest BCUT2D eigenvalue weighted by Crippen LogP contribution is 2.29. The number of hydrogen-bond donors (Lipinski definition) is 2. The summed E-state index contributed by atoms with van der Waals surface area (Å²) in [7, 11) is 0. The zero-order chi connectivity index (χ0) is 13.9. The minimum absolute atomic E-state index is 0.159. The van der Waals surface area contributed by atoms with Crippen molar-refractivity contribution in [3.8, 4) is 0 Å². The summed E-state index contributed by atoms with van der Waals surface area (Å²) in [6.07, 6.45) is 3.87. The van der Waals surface area contributed by atoms with E-state index in [9.17, 15) is 4.79 Å². The fourth-order valence-corrected chi connectivity index (χ4v) is 3.42. The summed E-state index contributed by atoms with van der Waals surface area (Å²) in [6.45, 7) is 4.22. The molecule has 0 aliphatic carbocycles. The van der Waals surface area contributed by atoms with Crippen LogP contribution in [0.1, 0.15) is 30.4 Å². The third-order valence-electron chi connectivity index (χ3n) is 4.52. The van der Waals surface area contributed by atoms with Gasteiger partial charge in [-0.25, -0.2) is 0 Å². The average Bonchev–Trinajstić information content (AvgIpc) is 2.90. The number of nitrogens with two attached hydrogens (primary N) is 1. The van der Waals surface area contributed by atoms with E-state index in [0.29, 0.717) is 12.3 Å². The summed E-state index contributed by atoms with van der Waals surface area (Å²) < 4.78 is 0. The second kappa shape index (κ2) is 5.83. The molecule has 0 saturated carbocycles. The van der Waals surface area contributed by atoms with Crippen LogP contribution in [0.2, 0.25) is 0 Å². The predicted molar refractivity (Wildman–Crippen MR) is 80.4 cm³/mol. The highest BCUT2D eigenvalue weighted by Gasteiger charge is 2.22. The molecule has 0 unspecified atom stereocenters. The average molecular weight is 273 g/mol. The second-order valence-electron chi connectivity index (χ2n) is 6.02. The van der Waals surface area contributed by atoms with E-state index in [4.69, 9.17) is 5.73 Å². The normalized spacial score (nSPS) is 19.6. The molecule has 0 bridgehead atoms. The number of primary amides is 1. The van der Waals surface area contributed by atoms with Gasteiger partial charge in [-0.1, -0.05) is 18.2 Å². The van der Waals surface area contributed by atoms with Crippen molar-refractivity contribution in [1.29, 1.82) is 0 Å². The van der Waals surface area contributed by atoms with Gasteiger partial charge < -0.3 is 11.1 Å². The van der Waals surface area contributed by atoms with Gasteiger partial charge in [-0.15, -0.1) is 0 Å². The molecule has 108 valence electrons. The Morgan fingerprint density at radius 1 is 1.35 bits per heavy atom. The summed E-state index contributed by atoms with van der Waals surface area (Å²) in [5, 5.41) is 3.51. The number of benzene rings is 1. The van der Waals surface area contributed by atoms with E-state index in [1.54, 1.807) is 0 Å². The first kappa shape index (κ1) is 13.4. The number of likely N-dealkylation sites (tertiary alicyclic amines) is 1. The summed E-state index contributed by atoms with van der Waals surface area (Å²) in [5.41, 5.74) is 9.50. The molecule has 2 aliphatic rings. The molecule has 1 saturated heterocycles. The molecule has 0 radical (unpaired) electrons. The minimum Gasteiger partial charge on any atom is -0.384 e. The van der Waals surface area contributed by atoms with Crippen LogP contribution in [0.5, 0.6) is 0 Å². The number of piperidine rings is 1. The number of para-hydroxylation sites is 1. The van der Waals surface area contributed by atoms with Crippen LogP contribution in [0.4, 0.5) is 5.69 Å². The lowest BCUT2D eigenvalue weighted by Gasteiger charge is -2.31. The van der Waals surface area contributed by atoms with E-state index in [2.05, 4.69) is 28.4 Å². The molecule has 0 atom stereocenters. The number of hydrogen-bond acceptors (Lipinski definition) is 3. The lowest BCUT2D eigenvalue weighted by molar-refractivity contribution is -0.119. The van der Waals surface area contributed by atoms with E-state index >= 15 is 0 Å². The number of rotatable bonds is 4. The lowest BCUT2D eigenvalue weighted by Crippen LogP contribution is -2.34. The van der Waals surface area contributed by atoms with Crippen LogP contribution in [0.3, 0.4) is 0 Å². The summed E-state index contributed by atoms with van der Waals surface area (Å²) in [6, 6.07) is 6.62. The Morgan fingerprint density at radius 2 is 2.15 bits per heavy atom. The molecule has 3 N–H and O–H groups in total. The fraction of sp³-hybridized carbons (Fsp3) is 0.562. The van der Waals surface area contributed by atoms with Gasteiger partial charge in [-0.2, -0.15) is 0 Å². The Morgan fingerprint density at radius 3 is 2.90 bits per heavy atom. The fourth-order valence-electron chi connectivity index (χ4n) is 3.42. The van der Waals surface area contributed by atoms with Gasteiger partial charge in [0.2, 0.25) is 5.91 Å². The van der Waals surface area contributed by atoms with Crippen molar-refractivity contribution < 1.29 is 4.79 Å². The van der Waals surface area contributed by atoms with Crippen LogP contribution < -0.4 is 11.1 Å². The molecule has 1 amide bonds. The molecular formula is C16H23N3O. The Bertz CT molecular complexity index is 492. The Kier molecular flexibility index (Phi) is 3.92. The third kappa shape index (κ3) is 2.96. The van der Waals surface area contributed by atoms with E-state index in [0.717, 1.165) is 45.4 Å². The molecule has 4 heteroatoms. The van der Waals surface area contributed by atoms with Crippen LogP contribution in [0, 0.1) is 5.92 Å². The second-order valence-corrected chi connectivity index (χ2v) is 6.02. The maximum Gasteiger partial charge on any atom is 0.217 e. The Labute approximate surface area is 120 Å². The van der Waals surface area contributed by atoms with E-state index in [1.807, 2.05) is 0 Å². The Balaban J connectivity index is 1.58. The lowest BCUT2D eigenvalue weighted by atomic mass is 9.93. The van der Waals surface area contributed by atoms with Crippen LogP contribution in [0.15, 0.2) is 18.2 Å². The highest BCUT2D eigenvalue weighted by molar-refractivity contribution is 5.74. The van der Waals surface area contributed by atoms with Crippen molar-refractivity contribution >= 4 is 11.6 Å². The molecular weight excluding hydrogens is 250 g/mol. The molecule has 3 rings (SSSR count). The van der Waals surface area contributed by atoms with Gasteiger partial charge in [0.1, 0.15) is 0 Å². The minimum atomic E-state index is -0.159. The van der Waals surface area contributed by atoms with Gasteiger partial charge in [0.25, 0.3) is 0 Å². The van der Waals surface area contributed by atoms with Gasteiger partial charge in [0.05, 0.1) is 0 Å². The van der Waals surface area contributed by atoms with E-state index in [1.165, 1.54) is 16.8 Å². The molecule has 4 nitrogen and oxygen atoms in total. The number of carbonyl (C=O) groups excluding carboxylic acids is 1. The molecule has 0 aromatic heterocycles. The van der Waals surface area contributed by atoms with Gasteiger partial charge in [0.15, 0.2) is 0 Å². The molecule has 0 spiro atoms. The highest BCUT2D eigenvalue weighted by atomic mass is 16.1. The zero-order valence-electron chi connectivity index (χ0n) is 11.9.